The van der Waals surface area contributed by atoms with Crippen molar-refractivity contribution >= 4 is 15.9 Å². The van der Waals surface area contributed by atoms with Crippen molar-refractivity contribution in [1.82, 2.24) is 19.4 Å². The van der Waals surface area contributed by atoms with Crippen LogP contribution in [-0.2, 0) is 21.9 Å². The van der Waals surface area contributed by atoms with Gasteiger partial charge in [-0.1, -0.05) is 18.2 Å². The van der Waals surface area contributed by atoms with Gasteiger partial charge in [0.25, 0.3) is 0 Å². The molecule has 1 fully saturated rings. The molecular weight excluding hydrogens is 392 g/mol. The van der Waals surface area contributed by atoms with Crippen LogP contribution in [0.15, 0.2) is 35.4 Å². The fraction of sp³-hybridized carbons (Fsp3) is 0.500. The Hall–Kier alpha value is -2.39. The van der Waals surface area contributed by atoms with Gasteiger partial charge in [0.2, 0.25) is 15.9 Å². The first-order valence-corrected chi connectivity index (χ1v) is 11.3. The number of aryl methyl sites for hydroxylation is 1. The molecule has 2 atom stereocenters. The SMILES string of the molecule is Cc1c(S(=O)(=O)N2CCC[C@H](C(=O)N[C@@H]3CCOc4ccccc43)C2)cnn1C. The normalized spacial score (nSPS) is 22.6. The minimum Gasteiger partial charge on any atom is -0.493 e. The third kappa shape index (κ3) is 3.76. The summed E-state index contributed by atoms with van der Waals surface area (Å²) in [5.74, 6) is 0.323. The molecule has 2 aliphatic heterocycles. The van der Waals surface area contributed by atoms with Gasteiger partial charge in [0.05, 0.1) is 30.5 Å². The van der Waals surface area contributed by atoms with E-state index in [4.69, 9.17) is 4.74 Å². The molecule has 0 unspecified atom stereocenters. The number of para-hydroxylation sites is 1. The van der Waals surface area contributed by atoms with Crippen molar-refractivity contribution in [2.45, 2.75) is 37.1 Å². The van der Waals surface area contributed by atoms with Crippen LogP contribution in [0.5, 0.6) is 5.75 Å². The molecule has 1 saturated heterocycles. The summed E-state index contributed by atoms with van der Waals surface area (Å²) in [7, 11) is -1.96. The largest absolute Gasteiger partial charge is 0.493 e. The number of aromatic nitrogens is 2. The minimum absolute atomic E-state index is 0.102. The van der Waals surface area contributed by atoms with Gasteiger partial charge >= 0.3 is 0 Å². The molecule has 0 saturated carbocycles. The number of piperidine rings is 1. The van der Waals surface area contributed by atoms with E-state index in [2.05, 4.69) is 10.4 Å². The molecule has 9 heteroatoms. The summed E-state index contributed by atoms with van der Waals surface area (Å²) in [6.07, 6.45) is 3.41. The van der Waals surface area contributed by atoms with Crippen LogP contribution < -0.4 is 10.1 Å². The summed E-state index contributed by atoms with van der Waals surface area (Å²) in [5, 5.41) is 7.16. The van der Waals surface area contributed by atoms with E-state index in [9.17, 15) is 13.2 Å². The summed E-state index contributed by atoms with van der Waals surface area (Å²) in [5.41, 5.74) is 1.56. The average molecular weight is 419 g/mol. The molecule has 29 heavy (non-hydrogen) atoms. The Morgan fingerprint density at radius 2 is 2.07 bits per heavy atom. The first kappa shape index (κ1) is 19.9. The molecule has 0 bridgehead atoms. The Morgan fingerprint density at radius 3 is 2.83 bits per heavy atom. The highest BCUT2D eigenvalue weighted by molar-refractivity contribution is 7.89. The van der Waals surface area contributed by atoms with E-state index in [1.807, 2.05) is 24.3 Å². The highest BCUT2D eigenvalue weighted by Gasteiger charge is 2.36. The third-order valence-corrected chi connectivity index (χ3v) is 7.81. The molecule has 3 heterocycles. The van der Waals surface area contributed by atoms with Crippen molar-refractivity contribution in [2.24, 2.45) is 13.0 Å². The number of benzene rings is 1. The van der Waals surface area contributed by atoms with Crippen molar-refractivity contribution in [2.75, 3.05) is 19.7 Å². The zero-order valence-electron chi connectivity index (χ0n) is 16.7. The van der Waals surface area contributed by atoms with E-state index < -0.39 is 10.0 Å². The van der Waals surface area contributed by atoms with Crippen LogP contribution in [0.1, 0.15) is 36.6 Å². The number of hydrogen-bond donors (Lipinski definition) is 1. The lowest BCUT2D eigenvalue weighted by Gasteiger charge is -2.33. The number of ether oxygens (including phenoxy) is 1. The number of rotatable bonds is 4. The molecule has 1 amide bonds. The Balaban J connectivity index is 1.48. The van der Waals surface area contributed by atoms with Crippen LogP contribution in [0, 0.1) is 12.8 Å². The highest BCUT2D eigenvalue weighted by Crippen LogP contribution is 2.32. The lowest BCUT2D eigenvalue weighted by atomic mass is 9.96. The van der Waals surface area contributed by atoms with Crippen molar-refractivity contribution in [3.63, 3.8) is 0 Å². The number of amides is 1. The molecule has 0 spiro atoms. The molecule has 1 aromatic heterocycles. The van der Waals surface area contributed by atoms with Crippen LogP contribution in [0.3, 0.4) is 0 Å². The molecule has 8 nitrogen and oxygen atoms in total. The second kappa shape index (κ2) is 7.79. The fourth-order valence-electron chi connectivity index (χ4n) is 4.03. The highest BCUT2D eigenvalue weighted by atomic mass is 32.2. The molecule has 156 valence electrons. The lowest BCUT2D eigenvalue weighted by molar-refractivity contribution is -0.127. The van der Waals surface area contributed by atoms with Gasteiger partial charge in [-0.2, -0.15) is 9.40 Å². The maximum Gasteiger partial charge on any atom is 0.246 e. The van der Waals surface area contributed by atoms with Gasteiger partial charge in [-0.15, -0.1) is 0 Å². The molecule has 1 N–H and O–H groups in total. The number of hydrogen-bond acceptors (Lipinski definition) is 5. The van der Waals surface area contributed by atoms with Crippen molar-refractivity contribution in [3.8, 4) is 5.75 Å². The Morgan fingerprint density at radius 1 is 1.28 bits per heavy atom. The van der Waals surface area contributed by atoms with Gasteiger partial charge in [-0.05, 0) is 25.8 Å². The van der Waals surface area contributed by atoms with E-state index in [1.165, 1.54) is 10.5 Å². The van der Waals surface area contributed by atoms with E-state index in [-0.39, 0.29) is 29.3 Å². The molecule has 4 rings (SSSR count). The molecule has 0 aliphatic carbocycles. The van der Waals surface area contributed by atoms with Crippen LogP contribution in [0.2, 0.25) is 0 Å². The monoisotopic (exact) mass is 418 g/mol. The number of carbonyl (C=O) groups excluding carboxylic acids is 1. The van der Waals surface area contributed by atoms with E-state index in [0.29, 0.717) is 38.1 Å². The summed E-state index contributed by atoms with van der Waals surface area (Å²) in [6, 6.07) is 7.59. The summed E-state index contributed by atoms with van der Waals surface area (Å²) in [4.78, 5) is 13.2. The second-order valence-corrected chi connectivity index (χ2v) is 9.56. The average Bonchev–Trinajstić information content (AvgIpc) is 3.07. The topological polar surface area (TPSA) is 93.5 Å². The van der Waals surface area contributed by atoms with Gasteiger partial charge in [-0.3, -0.25) is 9.48 Å². The van der Waals surface area contributed by atoms with Crippen LogP contribution in [0.4, 0.5) is 0 Å². The van der Waals surface area contributed by atoms with Gasteiger partial charge < -0.3 is 10.1 Å². The molecule has 2 aromatic rings. The summed E-state index contributed by atoms with van der Waals surface area (Å²) < 4.78 is 34.8. The Kier molecular flexibility index (Phi) is 5.35. The van der Waals surface area contributed by atoms with Gasteiger partial charge in [-0.25, -0.2) is 8.42 Å². The first-order chi connectivity index (χ1) is 13.9. The second-order valence-electron chi connectivity index (χ2n) is 7.66. The van der Waals surface area contributed by atoms with Crippen LogP contribution in [0.25, 0.3) is 0 Å². The van der Waals surface area contributed by atoms with Gasteiger partial charge in [0, 0.05) is 32.1 Å². The Bertz CT molecular complexity index is 1020. The lowest BCUT2D eigenvalue weighted by Crippen LogP contribution is -2.46. The zero-order chi connectivity index (χ0) is 20.6. The smallest absolute Gasteiger partial charge is 0.246 e. The molecule has 1 aromatic carbocycles. The summed E-state index contributed by atoms with van der Waals surface area (Å²) in [6.45, 7) is 2.89. The number of nitrogens with zero attached hydrogens (tertiary/aromatic N) is 3. The summed E-state index contributed by atoms with van der Waals surface area (Å²) >= 11 is 0. The van der Waals surface area contributed by atoms with Gasteiger partial charge in [0.1, 0.15) is 10.6 Å². The van der Waals surface area contributed by atoms with Crippen molar-refractivity contribution < 1.29 is 17.9 Å². The van der Waals surface area contributed by atoms with E-state index in [0.717, 1.165) is 11.3 Å². The third-order valence-electron chi connectivity index (χ3n) is 5.84. The van der Waals surface area contributed by atoms with Gasteiger partial charge in [0.15, 0.2) is 0 Å². The number of sulfonamides is 1. The zero-order valence-corrected chi connectivity index (χ0v) is 17.5. The van der Waals surface area contributed by atoms with Crippen molar-refractivity contribution in [1.29, 1.82) is 0 Å². The molecule has 0 radical (unpaired) electrons. The maximum absolute atomic E-state index is 13.1. The standard InChI is InChI=1S/C20H26N4O4S/c1-14-19(12-21-23(14)2)29(26,27)24-10-5-6-15(13-24)20(25)22-17-9-11-28-18-8-4-3-7-16(17)18/h3-4,7-8,12,15,17H,5-6,9-11,13H2,1-2H3,(H,22,25)/t15-,17+/m0/s1. The van der Waals surface area contributed by atoms with Crippen LogP contribution in [-0.4, -0.2) is 48.1 Å². The number of carbonyl (C=O) groups is 1. The number of fused-ring (bicyclic) bond motifs is 1. The van der Waals surface area contributed by atoms with E-state index in [1.54, 1.807) is 18.7 Å². The van der Waals surface area contributed by atoms with E-state index >= 15 is 0 Å². The molecular formula is C20H26N4O4S. The molecule has 2 aliphatic rings. The minimum atomic E-state index is -3.67. The predicted molar refractivity (Wildman–Crippen MR) is 107 cm³/mol. The van der Waals surface area contributed by atoms with Crippen LogP contribution >= 0.6 is 0 Å². The quantitative estimate of drug-likeness (QED) is 0.817. The predicted octanol–water partition coefficient (Wildman–Crippen LogP) is 1.77. The number of nitrogens with one attached hydrogen (secondary N) is 1. The fourth-order valence-corrected chi connectivity index (χ4v) is 5.74. The first-order valence-electron chi connectivity index (χ1n) is 9.89. The Labute approximate surface area is 170 Å². The maximum atomic E-state index is 13.1. The van der Waals surface area contributed by atoms with Crippen molar-refractivity contribution in [3.05, 3.63) is 41.7 Å².